The molecule has 0 radical (unpaired) electrons. The quantitative estimate of drug-likeness (QED) is 0.808. The number of hydrogen-bond donors (Lipinski definition) is 2. The molecule has 1 amide bonds. The van der Waals surface area contributed by atoms with Crippen LogP contribution < -0.4 is 5.32 Å². The summed E-state index contributed by atoms with van der Waals surface area (Å²) in [5, 5.41) is 4.07. The van der Waals surface area contributed by atoms with E-state index in [1.807, 2.05) is 45.3 Å². The van der Waals surface area contributed by atoms with Crippen molar-refractivity contribution in [2.75, 3.05) is 27.2 Å². The summed E-state index contributed by atoms with van der Waals surface area (Å²) in [6, 6.07) is 7.98. The van der Waals surface area contributed by atoms with Gasteiger partial charge in [0.05, 0.1) is 0 Å². The van der Waals surface area contributed by atoms with Crippen molar-refractivity contribution in [2.45, 2.75) is 13.3 Å². The lowest BCUT2D eigenvalue weighted by Gasteiger charge is -2.09. The molecule has 1 aromatic heterocycles. The number of carbonyl (C=O) groups excluding carboxylic acids is 1. The van der Waals surface area contributed by atoms with Gasteiger partial charge in [0.2, 0.25) is 0 Å². The van der Waals surface area contributed by atoms with Crippen LogP contribution >= 0.6 is 0 Å². The lowest BCUT2D eigenvalue weighted by Crippen LogP contribution is -2.27. The molecule has 0 unspecified atom stereocenters. The van der Waals surface area contributed by atoms with E-state index in [4.69, 9.17) is 0 Å². The summed E-state index contributed by atoms with van der Waals surface area (Å²) >= 11 is 0. The van der Waals surface area contributed by atoms with E-state index < -0.39 is 0 Å². The first kappa shape index (κ1) is 13.6. The smallest absolute Gasteiger partial charge is 0.268 e. The standard InChI is InChI=1S/C15H21N3O/c1-11-12-7-4-5-8-13(12)17-14(11)15(19)16-9-6-10-18(2)3/h4-5,7-8,17H,6,9-10H2,1-3H3,(H,16,19). The van der Waals surface area contributed by atoms with Crippen LogP contribution in [0.15, 0.2) is 24.3 Å². The van der Waals surface area contributed by atoms with Crippen LogP contribution in [0.4, 0.5) is 0 Å². The van der Waals surface area contributed by atoms with E-state index >= 15 is 0 Å². The third-order valence-electron chi connectivity index (χ3n) is 3.26. The number of rotatable bonds is 5. The molecule has 2 N–H and O–H groups in total. The second-order valence-electron chi connectivity index (χ2n) is 5.08. The predicted molar refractivity (Wildman–Crippen MR) is 78.5 cm³/mol. The number of aromatic nitrogens is 1. The molecular formula is C15H21N3O. The lowest BCUT2D eigenvalue weighted by molar-refractivity contribution is 0.0947. The Balaban J connectivity index is 2.03. The van der Waals surface area contributed by atoms with Gasteiger partial charge in [-0.05, 0) is 45.6 Å². The number of aromatic amines is 1. The van der Waals surface area contributed by atoms with E-state index in [-0.39, 0.29) is 5.91 Å². The molecule has 19 heavy (non-hydrogen) atoms. The van der Waals surface area contributed by atoms with Crippen LogP contribution in [0.3, 0.4) is 0 Å². The summed E-state index contributed by atoms with van der Waals surface area (Å²) in [4.78, 5) is 17.4. The zero-order chi connectivity index (χ0) is 13.8. The summed E-state index contributed by atoms with van der Waals surface area (Å²) in [5.41, 5.74) is 2.70. The summed E-state index contributed by atoms with van der Waals surface area (Å²) in [7, 11) is 4.06. The van der Waals surface area contributed by atoms with Crippen LogP contribution in [-0.4, -0.2) is 43.0 Å². The molecule has 0 saturated heterocycles. The van der Waals surface area contributed by atoms with E-state index in [2.05, 4.69) is 15.2 Å². The van der Waals surface area contributed by atoms with Crippen molar-refractivity contribution in [3.8, 4) is 0 Å². The van der Waals surface area contributed by atoms with Gasteiger partial charge in [-0.2, -0.15) is 0 Å². The highest BCUT2D eigenvalue weighted by Gasteiger charge is 2.13. The van der Waals surface area contributed by atoms with E-state index in [9.17, 15) is 4.79 Å². The Bertz CT molecular complexity index is 572. The van der Waals surface area contributed by atoms with Crippen molar-refractivity contribution in [3.63, 3.8) is 0 Å². The van der Waals surface area contributed by atoms with Gasteiger partial charge in [-0.3, -0.25) is 4.79 Å². The van der Waals surface area contributed by atoms with Crippen molar-refractivity contribution in [1.29, 1.82) is 0 Å². The Morgan fingerprint density at radius 2 is 2.05 bits per heavy atom. The van der Waals surface area contributed by atoms with Gasteiger partial charge < -0.3 is 15.2 Å². The maximum absolute atomic E-state index is 12.1. The molecule has 0 aliphatic carbocycles. The molecule has 0 bridgehead atoms. The number of fused-ring (bicyclic) bond motifs is 1. The molecule has 0 aliphatic heterocycles. The molecule has 0 atom stereocenters. The summed E-state index contributed by atoms with van der Waals surface area (Å²) in [6.07, 6.45) is 0.956. The Labute approximate surface area is 113 Å². The fourth-order valence-electron chi connectivity index (χ4n) is 2.19. The first-order chi connectivity index (χ1) is 9.09. The van der Waals surface area contributed by atoms with Crippen molar-refractivity contribution >= 4 is 16.8 Å². The molecule has 4 heteroatoms. The number of aryl methyl sites for hydroxylation is 1. The van der Waals surface area contributed by atoms with Crippen LogP contribution in [0.1, 0.15) is 22.5 Å². The number of nitrogens with one attached hydrogen (secondary N) is 2. The molecular weight excluding hydrogens is 238 g/mol. The van der Waals surface area contributed by atoms with Gasteiger partial charge in [-0.1, -0.05) is 18.2 Å². The van der Waals surface area contributed by atoms with Crippen molar-refractivity contribution in [1.82, 2.24) is 15.2 Å². The normalized spacial score (nSPS) is 11.2. The topological polar surface area (TPSA) is 48.1 Å². The number of amides is 1. The van der Waals surface area contributed by atoms with Crippen molar-refractivity contribution < 1.29 is 4.79 Å². The number of para-hydroxylation sites is 1. The van der Waals surface area contributed by atoms with E-state index in [1.165, 1.54) is 0 Å². The molecule has 0 fully saturated rings. The molecule has 1 aromatic carbocycles. The Morgan fingerprint density at radius 3 is 2.74 bits per heavy atom. The molecule has 0 spiro atoms. The number of hydrogen-bond acceptors (Lipinski definition) is 2. The highest BCUT2D eigenvalue weighted by atomic mass is 16.1. The third-order valence-corrected chi connectivity index (χ3v) is 3.26. The zero-order valence-corrected chi connectivity index (χ0v) is 11.8. The maximum atomic E-state index is 12.1. The van der Waals surface area contributed by atoms with Gasteiger partial charge in [-0.15, -0.1) is 0 Å². The second kappa shape index (κ2) is 5.89. The monoisotopic (exact) mass is 259 g/mol. The molecule has 4 nitrogen and oxygen atoms in total. The number of nitrogens with zero attached hydrogens (tertiary/aromatic N) is 1. The van der Waals surface area contributed by atoms with Crippen molar-refractivity contribution in [3.05, 3.63) is 35.5 Å². The molecule has 2 aromatic rings. The summed E-state index contributed by atoms with van der Waals surface area (Å²) in [6.45, 7) is 3.66. The molecule has 2 rings (SSSR count). The van der Waals surface area contributed by atoms with Gasteiger partial charge in [0.25, 0.3) is 5.91 Å². The summed E-state index contributed by atoms with van der Waals surface area (Å²) < 4.78 is 0. The van der Waals surface area contributed by atoms with Crippen LogP contribution in [0.5, 0.6) is 0 Å². The highest BCUT2D eigenvalue weighted by Crippen LogP contribution is 2.20. The third kappa shape index (κ3) is 3.15. The maximum Gasteiger partial charge on any atom is 0.268 e. The van der Waals surface area contributed by atoms with Gasteiger partial charge in [0.15, 0.2) is 0 Å². The van der Waals surface area contributed by atoms with Crippen LogP contribution in [0.2, 0.25) is 0 Å². The van der Waals surface area contributed by atoms with E-state index in [1.54, 1.807) is 0 Å². The summed E-state index contributed by atoms with van der Waals surface area (Å²) in [5.74, 6) is -0.0209. The van der Waals surface area contributed by atoms with Crippen LogP contribution in [0, 0.1) is 6.92 Å². The Hall–Kier alpha value is -1.81. The van der Waals surface area contributed by atoms with Gasteiger partial charge >= 0.3 is 0 Å². The van der Waals surface area contributed by atoms with Crippen molar-refractivity contribution in [2.24, 2.45) is 0 Å². The van der Waals surface area contributed by atoms with Crippen LogP contribution in [-0.2, 0) is 0 Å². The molecule has 1 heterocycles. The minimum absolute atomic E-state index is 0.0209. The highest BCUT2D eigenvalue weighted by molar-refractivity contribution is 6.00. The largest absolute Gasteiger partial charge is 0.351 e. The van der Waals surface area contributed by atoms with Gasteiger partial charge in [-0.25, -0.2) is 0 Å². The number of carbonyl (C=O) groups is 1. The Morgan fingerprint density at radius 1 is 1.32 bits per heavy atom. The van der Waals surface area contributed by atoms with Gasteiger partial charge in [0.1, 0.15) is 5.69 Å². The SMILES string of the molecule is Cc1c(C(=O)NCCCN(C)C)[nH]c2ccccc12. The Kier molecular flexibility index (Phi) is 4.22. The van der Waals surface area contributed by atoms with Crippen LogP contribution in [0.25, 0.3) is 10.9 Å². The second-order valence-corrected chi connectivity index (χ2v) is 5.08. The van der Waals surface area contributed by atoms with Gasteiger partial charge in [0, 0.05) is 17.4 Å². The zero-order valence-electron chi connectivity index (χ0n) is 11.8. The van der Waals surface area contributed by atoms with E-state index in [0.29, 0.717) is 12.2 Å². The number of H-pyrrole nitrogens is 1. The first-order valence-electron chi connectivity index (χ1n) is 6.60. The minimum atomic E-state index is -0.0209. The average molecular weight is 259 g/mol. The molecule has 0 aliphatic rings. The fraction of sp³-hybridized carbons (Fsp3) is 0.400. The molecule has 102 valence electrons. The molecule has 0 saturated carbocycles. The average Bonchev–Trinajstić information content (AvgIpc) is 2.72. The fourth-order valence-corrected chi connectivity index (χ4v) is 2.19. The van der Waals surface area contributed by atoms with E-state index in [0.717, 1.165) is 29.4 Å². The predicted octanol–water partition coefficient (Wildman–Crippen LogP) is 2.16. The minimum Gasteiger partial charge on any atom is -0.351 e. The lowest BCUT2D eigenvalue weighted by atomic mass is 10.1. The first-order valence-corrected chi connectivity index (χ1v) is 6.60. The number of benzene rings is 1.